The van der Waals surface area contributed by atoms with Crippen LogP contribution < -0.4 is 5.73 Å². The molecule has 0 saturated heterocycles. The summed E-state index contributed by atoms with van der Waals surface area (Å²) in [5.41, 5.74) is 10.7. The summed E-state index contributed by atoms with van der Waals surface area (Å²) in [6, 6.07) is 4.29. The molecule has 0 aliphatic rings. The topological polar surface area (TPSA) is 46.2 Å². The molecule has 0 fully saturated rings. The molecule has 1 rings (SSSR count). The summed E-state index contributed by atoms with van der Waals surface area (Å²) < 4.78 is 0. The molecule has 0 heterocycles. The zero-order valence-electron chi connectivity index (χ0n) is 10.1. The maximum absolute atomic E-state index is 9.02. The summed E-state index contributed by atoms with van der Waals surface area (Å²) in [5.74, 6) is 0. The zero-order chi connectivity index (χ0) is 11.6. The summed E-state index contributed by atoms with van der Waals surface area (Å²) in [5, 5.41) is 9.02. The van der Waals surface area contributed by atoms with Crippen molar-refractivity contribution in [2.45, 2.75) is 39.7 Å². The van der Waals surface area contributed by atoms with E-state index in [1.165, 1.54) is 22.3 Å². The zero-order valence-corrected chi connectivity index (χ0v) is 10.1. The first-order valence-corrected chi connectivity index (χ1v) is 5.36. The third kappa shape index (κ3) is 2.58. The summed E-state index contributed by atoms with van der Waals surface area (Å²) in [4.78, 5) is 0. The van der Waals surface area contributed by atoms with Gasteiger partial charge in [0.05, 0.1) is 0 Å². The van der Waals surface area contributed by atoms with Gasteiger partial charge in [-0.25, -0.2) is 0 Å². The van der Waals surface area contributed by atoms with Crippen LogP contribution in [0.4, 0.5) is 0 Å². The molecule has 1 aromatic carbocycles. The lowest BCUT2D eigenvalue weighted by Crippen LogP contribution is -2.35. The number of hydrogen-bond donors (Lipinski definition) is 2. The van der Waals surface area contributed by atoms with Crippen LogP contribution in [-0.4, -0.2) is 11.7 Å². The van der Waals surface area contributed by atoms with Gasteiger partial charge in [-0.2, -0.15) is 0 Å². The maximum atomic E-state index is 9.02. The lowest BCUT2D eigenvalue weighted by atomic mass is 9.83. The van der Waals surface area contributed by atoms with Gasteiger partial charge in [0.2, 0.25) is 0 Å². The first-order chi connectivity index (χ1) is 6.88. The van der Waals surface area contributed by atoms with Gasteiger partial charge < -0.3 is 10.8 Å². The van der Waals surface area contributed by atoms with Crippen molar-refractivity contribution >= 4 is 0 Å². The van der Waals surface area contributed by atoms with Crippen molar-refractivity contribution in [2.75, 3.05) is 6.61 Å². The van der Waals surface area contributed by atoms with E-state index >= 15 is 0 Å². The van der Waals surface area contributed by atoms with E-state index in [-0.39, 0.29) is 6.61 Å². The number of aliphatic hydroxyl groups excluding tert-OH is 1. The van der Waals surface area contributed by atoms with Crippen molar-refractivity contribution < 1.29 is 5.11 Å². The van der Waals surface area contributed by atoms with Gasteiger partial charge in [0.15, 0.2) is 0 Å². The standard InChI is InChI=1S/C13H21NO/c1-9-7-10(2)12(11(3)8-9)13(4,14)5-6-15/h7-8,15H,5-6,14H2,1-4H3. The third-order valence-corrected chi connectivity index (χ3v) is 2.88. The fraction of sp³-hybridized carbons (Fsp3) is 0.538. The number of benzene rings is 1. The highest BCUT2D eigenvalue weighted by molar-refractivity contribution is 5.41. The molecule has 1 aromatic rings. The number of rotatable bonds is 3. The third-order valence-electron chi connectivity index (χ3n) is 2.88. The highest BCUT2D eigenvalue weighted by Crippen LogP contribution is 2.28. The Kier molecular flexibility index (Phi) is 3.53. The molecule has 84 valence electrons. The summed E-state index contributed by atoms with van der Waals surface area (Å²) in [7, 11) is 0. The fourth-order valence-corrected chi connectivity index (χ4v) is 2.44. The normalized spacial score (nSPS) is 15.1. The van der Waals surface area contributed by atoms with Crippen molar-refractivity contribution in [3.63, 3.8) is 0 Å². The molecule has 15 heavy (non-hydrogen) atoms. The predicted octanol–water partition coefficient (Wildman–Crippen LogP) is 2.17. The maximum Gasteiger partial charge on any atom is 0.0451 e. The Morgan fingerprint density at radius 1 is 1.20 bits per heavy atom. The Morgan fingerprint density at radius 2 is 1.67 bits per heavy atom. The monoisotopic (exact) mass is 207 g/mol. The van der Waals surface area contributed by atoms with E-state index < -0.39 is 5.54 Å². The molecule has 1 atom stereocenters. The van der Waals surface area contributed by atoms with Crippen molar-refractivity contribution in [3.05, 3.63) is 34.4 Å². The molecular weight excluding hydrogens is 186 g/mol. The average Bonchev–Trinajstić information content (AvgIpc) is 1.99. The van der Waals surface area contributed by atoms with E-state index in [0.29, 0.717) is 6.42 Å². The predicted molar refractivity (Wildman–Crippen MR) is 63.9 cm³/mol. The van der Waals surface area contributed by atoms with Gasteiger partial charge in [-0.15, -0.1) is 0 Å². The van der Waals surface area contributed by atoms with Crippen LogP contribution in [0.15, 0.2) is 12.1 Å². The molecule has 0 bridgehead atoms. The van der Waals surface area contributed by atoms with Gasteiger partial charge >= 0.3 is 0 Å². The van der Waals surface area contributed by atoms with Gasteiger partial charge in [0.25, 0.3) is 0 Å². The second-order valence-corrected chi connectivity index (χ2v) is 4.66. The molecule has 0 aromatic heterocycles. The first kappa shape index (κ1) is 12.2. The van der Waals surface area contributed by atoms with Gasteiger partial charge in [-0.05, 0) is 50.8 Å². The van der Waals surface area contributed by atoms with Gasteiger partial charge in [0, 0.05) is 12.1 Å². The van der Waals surface area contributed by atoms with Crippen LogP contribution in [0.2, 0.25) is 0 Å². The van der Waals surface area contributed by atoms with Gasteiger partial charge in [-0.1, -0.05) is 17.7 Å². The minimum atomic E-state index is -0.434. The molecule has 2 nitrogen and oxygen atoms in total. The van der Waals surface area contributed by atoms with Crippen LogP contribution >= 0.6 is 0 Å². The van der Waals surface area contributed by atoms with Crippen molar-refractivity contribution in [1.29, 1.82) is 0 Å². The molecular formula is C13H21NO. The summed E-state index contributed by atoms with van der Waals surface area (Å²) in [6.45, 7) is 8.35. The van der Waals surface area contributed by atoms with Gasteiger partial charge in [-0.3, -0.25) is 0 Å². The second-order valence-electron chi connectivity index (χ2n) is 4.66. The largest absolute Gasteiger partial charge is 0.396 e. The lowest BCUT2D eigenvalue weighted by molar-refractivity contribution is 0.246. The minimum absolute atomic E-state index is 0.125. The number of aryl methyl sites for hydroxylation is 3. The Hall–Kier alpha value is -0.860. The lowest BCUT2D eigenvalue weighted by Gasteiger charge is -2.28. The number of aliphatic hydroxyl groups is 1. The minimum Gasteiger partial charge on any atom is -0.396 e. The SMILES string of the molecule is Cc1cc(C)c(C(C)(N)CCO)c(C)c1. The van der Waals surface area contributed by atoms with Crippen molar-refractivity contribution in [2.24, 2.45) is 5.73 Å². The average molecular weight is 207 g/mol. The number of nitrogens with two attached hydrogens (primary N) is 1. The molecule has 0 radical (unpaired) electrons. The highest BCUT2D eigenvalue weighted by atomic mass is 16.3. The Morgan fingerprint density at radius 3 is 2.07 bits per heavy atom. The van der Waals surface area contributed by atoms with E-state index in [1.54, 1.807) is 0 Å². The molecule has 2 heteroatoms. The van der Waals surface area contributed by atoms with E-state index in [4.69, 9.17) is 10.8 Å². The van der Waals surface area contributed by atoms with Crippen LogP contribution in [0.25, 0.3) is 0 Å². The fourth-order valence-electron chi connectivity index (χ4n) is 2.44. The molecule has 3 N–H and O–H groups in total. The van der Waals surface area contributed by atoms with Crippen LogP contribution in [0.5, 0.6) is 0 Å². The first-order valence-electron chi connectivity index (χ1n) is 5.36. The summed E-state index contributed by atoms with van der Waals surface area (Å²) >= 11 is 0. The van der Waals surface area contributed by atoms with Crippen LogP contribution in [-0.2, 0) is 5.54 Å². The van der Waals surface area contributed by atoms with E-state index in [9.17, 15) is 0 Å². The van der Waals surface area contributed by atoms with Crippen LogP contribution in [0.1, 0.15) is 35.6 Å². The number of hydrogen-bond acceptors (Lipinski definition) is 2. The van der Waals surface area contributed by atoms with E-state index in [2.05, 4.69) is 32.9 Å². The van der Waals surface area contributed by atoms with Gasteiger partial charge in [0.1, 0.15) is 0 Å². The molecule has 0 amide bonds. The Balaban J connectivity index is 3.24. The van der Waals surface area contributed by atoms with E-state index in [1.807, 2.05) is 6.92 Å². The summed E-state index contributed by atoms with van der Waals surface area (Å²) in [6.07, 6.45) is 0.595. The molecule has 0 aliphatic heterocycles. The second kappa shape index (κ2) is 4.33. The van der Waals surface area contributed by atoms with Crippen molar-refractivity contribution in [3.8, 4) is 0 Å². The van der Waals surface area contributed by atoms with Crippen molar-refractivity contribution in [1.82, 2.24) is 0 Å². The van der Waals surface area contributed by atoms with Crippen LogP contribution in [0, 0.1) is 20.8 Å². The van der Waals surface area contributed by atoms with E-state index in [0.717, 1.165) is 0 Å². The molecule has 0 saturated carbocycles. The smallest absolute Gasteiger partial charge is 0.0451 e. The van der Waals surface area contributed by atoms with Crippen LogP contribution in [0.3, 0.4) is 0 Å². The highest BCUT2D eigenvalue weighted by Gasteiger charge is 2.24. The quantitative estimate of drug-likeness (QED) is 0.798. The molecule has 0 spiro atoms. The molecule has 0 aliphatic carbocycles. The Bertz CT molecular complexity index is 333. The molecule has 1 unspecified atom stereocenters. The Labute approximate surface area is 92.1 Å².